The summed E-state index contributed by atoms with van der Waals surface area (Å²) in [6.45, 7) is 3.31. The number of amides is 1. The number of carbonyl (C=O) groups is 1. The molecule has 0 bridgehead atoms. The van der Waals surface area contributed by atoms with Gasteiger partial charge in [-0.25, -0.2) is 4.39 Å². The summed E-state index contributed by atoms with van der Waals surface area (Å²) in [6.07, 6.45) is 2.03. The molecule has 0 N–H and O–H groups in total. The molecule has 1 heterocycles. The summed E-state index contributed by atoms with van der Waals surface area (Å²) in [5, 5.41) is 0. The normalized spacial score (nSPS) is 17.1. The Morgan fingerprint density at radius 3 is 2.67 bits per heavy atom. The van der Waals surface area contributed by atoms with Gasteiger partial charge in [0.25, 0.3) is 0 Å². The van der Waals surface area contributed by atoms with Crippen molar-refractivity contribution < 1.29 is 13.9 Å². The predicted molar refractivity (Wildman–Crippen MR) is 91.4 cm³/mol. The van der Waals surface area contributed by atoms with Crippen molar-refractivity contribution in [2.24, 2.45) is 0 Å². The van der Waals surface area contributed by atoms with Crippen LogP contribution in [-0.2, 0) is 11.2 Å². The van der Waals surface area contributed by atoms with Crippen LogP contribution in [0.5, 0.6) is 5.75 Å². The van der Waals surface area contributed by atoms with Gasteiger partial charge < -0.3 is 9.64 Å². The smallest absolute Gasteiger partial charge is 0.227 e. The largest absolute Gasteiger partial charge is 0.494 e. The first-order chi connectivity index (χ1) is 11.7. The van der Waals surface area contributed by atoms with E-state index in [1.165, 1.54) is 6.07 Å². The number of hydrogen-bond donors (Lipinski definition) is 0. The molecule has 3 rings (SSSR count). The topological polar surface area (TPSA) is 29.5 Å². The molecule has 0 saturated carbocycles. The average molecular weight is 327 g/mol. The number of carbonyl (C=O) groups excluding carboxylic acids is 1. The van der Waals surface area contributed by atoms with Gasteiger partial charge in [0.15, 0.2) is 0 Å². The minimum Gasteiger partial charge on any atom is -0.494 e. The summed E-state index contributed by atoms with van der Waals surface area (Å²) in [4.78, 5) is 14.5. The Bertz CT molecular complexity index is 699. The SMILES string of the molecule is CCOc1ccc(C2CCCN2C(=O)Cc2ccccc2F)cc1. The monoisotopic (exact) mass is 327 g/mol. The second kappa shape index (κ2) is 7.47. The quantitative estimate of drug-likeness (QED) is 0.826. The summed E-state index contributed by atoms with van der Waals surface area (Å²) in [7, 11) is 0. The van der Waals surface area contributed by atoms with Crippen LogP contribution in [0.2, 0.25) is 0 Å². The van der Waals surface area contributed by atoms with Crippen molar-refractivity contribution in [3.63, 3.8) is 0 Å². The van der Waals surface area contributed by atoms with Crippen molar-refractivity contribution in [1.82, 2.24) is 4.90 Å². The summed E-state index contributed by atoms with van der Waals surface area (Å²) in [5.74, 6) is 0.502. The highest BCUT2D eigenvalue weighted by Gasteiger charge is 2.30. The molecule has 1 fully saturated rings. The van der Waals surface area contributed by atoms with Crippen molar-refractivity contribution >= 4 is 5.91 Å². The molecule has 1 aliphatic heterocycles. The zero-order valence-electron chi connectivity index (χ0n) is 13.9. The zero-order valence-corrected chi connectivity index (χ0v) is 13.9. The Hall–Kier alpha value is -2.36. The second-order valence-electron chi connectivity index (χ2n) is 6.02. The number of nitrogens with zero attached hydrogens (tertiary/aromatic N) is 1. The van der Waals surface area contributed by atoms with E-state index in [0.29, 0.717) is 12.2 Å². The maximum absolute atomic E-state index is 13.8. The van der Waals surface area contributed by atoms with Crippen LogP contribution in [0.1, 0.15) is 36.9 Å². The molecule has 1 amide bonds. The Balaban J connectivity index is 1.72. The molecule has 1 saturated heterocycles. The molecule has 3 nitrogen and oxygen atoms in total. The summed E-state index contributed by atoms with van der Waals surface area (Å²) in [5.41, 5.74) is 1.57. The van der Waals surface area contributed by atoms with Gasteiger partial charge in [0.1, 0.15) is 11.6 Å². The van der Waals surface area contributed by atoms with Gasteiger partial charge in [-0.15, -0.1) is 0 Å². The molecular formula is C20H22FNO2. The highest BCUT2D eigenvalue weighted by Crippen LogP contribution is 2.33. The summed E-state index contributed by atoms with van der Waals surface area (Å²) < 4.78 is 19.3. The molecule has 2 aromatic carbocycles. The lowest BCUT2D eigenvalue weighted by atomic mass is 10.0. The van der Waals surface area contributed by atoms with E-state index in [-0.39, 0.29) is 24.2 Å². The van der Waals surface area contributed by atoms with Crippen LogP contribution in [0.4, 0.5) is 4.39 Å². The van der Waals surface area contributed by atoms with Gasteiger partial charge in [-0.05, 0) is 49.1 Å². The average Bonchev–Trinajstić information content (AvgIpc) is 3.08. The standard InChI is InChI=1S/C20H22FNO2/c1-2-24-17-11-9-15(10-12-17)19-8-5-13-22(19)20(23)14-16-6-3-4-7-18(16)21/h3-4,6-7,9-12,19H,2,5,8,13-14H2,1H3. The molecule has 0 aliphatic carbocycles. The van der Waals surface area contributed by atoms with E-state index in [0.717, 1.165) is 30.7 Å². The predicted octanol–water partition coefficient (Wildman–Crippen LogP) is 4.13. The van der Waals surface area contributed by atoms with Crippen LogP contribution in [0.3, 0.4) is 0 Å². The molecule has 1 aliphatic rings. The minimum atomic E-state index is -0.317. The maximum Gasteiger partial charge on any atom is 0.227 e. The number of halogens is 1. The van der Waals surface area contributed by atoms with Gasteiger partial charge in [-0.1, -0.05) is 30.3 Å². The summed E-state index contributed by atoms with van der Waals surface area (Å²) >= 11 is 0. The second-order valence-corrected chi connectivity index (χ2v) is 6.02. The molecule has 1 atom stereocenters. The van der Waals surface area contributed by atoms with E-state index in [4.69, 9.17) is 4.74 Å². The van der Waals surface area contributed by atoms with Gasteiger partial charge in [0.2, 0.25) is 5.91 Å². The van der Waals surface area contributed by atoms with Gasteiger partial charge >= 0.3 is 0 Å². The van der Waals surface area contributed by atoms with Crippen molar-refractivity contribution in [2.75, 3.05) is 13.2 Å². The molecule has 0 spiro atoms. The highest BCUT2D eigenvalue weighted by molar-refractivity contribution is 5.79. The number of rotatable bonds is 5. The van der Waals surface area contributed by atoms with Crippen molar-refractivity contribution in [3.05, 3.63) is 65.5 Å². The fourth-order valence-corrected chi connectivity index (χ4v) is 3.27. The first-order valence-electron chi connectivity index (χ1n) is 8.44. The zero-order chi connectivity index (χ0) is 16.9. The third-order valence-corrected chi connectivity index (χ3v) is 4.45. The van der Waals surface area contributed by atoms with Crippen molar-refractivity contribution in [1.29, 1.82) is 0 Å². The first kappa shape index (κ1) is 16.5. The number of likely N-dealkylation sites (tertiary alicyclic amines) is 1. The van der Waals surface area contributed by atoms with Crippen LogP contribution >= 0.6 is 0 Å². The molecular weight excluding hydrogens is 305 g/mol. The van der Waals surface area contributed by atoms with E-state index in [1.54, 1.807) is 18.2 Å². The Kier molecular flexibility index (Phi) is 5.14. The Labute approximate surface area is 142 Å². The van der Waals surface area contributed by atoms with Gasteiger partial charge in [0.05, 0.1) is 19.1 Å². The van der Waals surface area contributed by atoms with Gasteiger partial charge in [-0.2, -0.15) is 0 Å². The fraction of sp³-hybridized carbons (Fsp3) is 0.350. The first-order valence-corrected chi connectivity index (χ1v) is 8.44. The van der Waals surface area contributed by atoms with E-state index >= 15 is 0 Å². The van der Waals surface area contributed by atoms with Crippen molar-refractivity contribution in [3.8, 4) is 5.75 Å². The molecule has 126 valence electrons. The molecule has 24 heavy (non-hydrogen) atoms. The molecule has 0 radical (unpaired) electrons. The summed E-state index contributed by atoms with van der Waals surface area (Å²) in [6, 6.07) is 14.5. The molecule has 2 aromatic rings. The lowest BCUT2D eigenvalue weighted by Crippen LogP contribution is -2.32. The van der Waals surface area contributed by atoms with Crippen LogP contribution in [0, 0.1) is 5.82 Å². The molecule has 1 unspecified atom stereocenters. The van der Waals surface area contributed by atoms with E-state index in [9.17, 15) is 9.18 Å². The third kappa shape index (κ3) is 3.58. The van der Waals surface area contributed by atoms with E-state index < -0.39 is 0 Å². The molecule has 0 aromatic heterocycles. The van der Waals surface area contributed by atoms with Crippen molar-refractivity contribution in [2.45, 2.75) is 32.2 Å². The Morgan fingerprint density at radius 1 is 1.21 bits per heavy atom. The maximum atomic E-state index is 13.8. The number of benzene rings is 2. The van der Waals surface area contributed by atoms with E-state index in [1.807, 2.05) is 36.1 Å². The molecule has 4 heteroatoms. The fourth-order valence-electron chi connectivity index (χ4n) is 3.27. The third-order valence-electron chi connectivity index (χ3n) is 4.45. The lowest BCUT2D eigenvalue weighted by molar-refractivity contribution is -0.131. The van der Waals surface area contributed by atoms with Crippen LogP contribution < -0.4 is 4.74 Å². The Morgan fingerprint density at radius 2 is 1.96 bits per heavy atom. The van der Waals surface area contributed by atoms with Crippen LogP contribution in [0.25, 0.3) is 0 Å². The van der Waals surface area contributed by atoms with Gasteiger partial charge in [0, 0.05) is 6.54 Å². The van der Waals surface area contributed by atoms with Crippen LogP contribution in [0.15, 0.2) is 48.5 Å². The van der Waals surface area contributed by atoms with E-state index in [2.05, 4.69) is 0 Å². The lowest BCUT2D eigenvalue weighted by Gasteiger charge is -2.25. The minimum absolute atomic E-state index is 0.0171. The van der Waals surface area contributed by atoms with Crippen LogP contribution in [-0.4, -0.2) is 24.0 Å². The highest BCUT2D eigenvalue weighted by atomic mass is 19.1. The number of ether oxygens (including phenoxy) is 1. The number of hydrogen-bond acceptors (Lipinski definition) is 2. The van der Waals surface area contributed by atoms with Gasteiger partial charge in [-0.3, -0.25) is 4.79 Å².